The average Bonchev–Trinajstić information content (AvgIpc) is 2.26. The lowest BCUT2D eigenvalue weighted by atomic mass is 10.0. The zero-order valence-electron chi connectivity index (χ0n) is 8.65. The molecule has 92 valence electrons. The van der Waals surface area contributed by atoms with Crippen LogP contribution in [0.2, 0.25) is 0 Å². The Hall–Kier alpha value is -2.61. The highest BCUT2D eigenvalue weighted by molar-refractivity contribution is 5.55. The van der Waals surface area contributed by atoms with Crippen LogP contribution in [0.4, 0.5) is 18.9 Å². The number of rotatable bonds is 2. The third-order valence-electron chi connectivity index (χ3n) is 2.08. The molecule has 1 aromatic rings. The maximum atomic E-state index is 12.6. The van der Waals surface area contributed by atoms with Crippen molar-refractivity contribution < 1.29 is 18.1 Å². The van der Waals surface area contributed by atoms with Gasteiger partial charge in [-0.05, 0) is 12.1 Å². The minimum absolute atomic E-state index is 0.377. The predicted octanol–water partition coefficient (Wildman–Crippen LogP) is 2.55. The molecule has 0 fully saturated rings. The van der Waals surface area contributed by atoms with Crippen LogP contribution in [0.15, 0.2) is 12.1 Å². The molecule has 18 heavy (non-hydrogen) atoms. The molecule has 5 nitrogen and oxygen atoms in total. The van der Waals surface area contributed by atoms with E-state index in [0.29, 0.717) is 6.07 Å². The lowest BCUT2D eigenvalue weighted by molar-refractivity contribution is -0.388. The minimum Gasteiger partial charge on any atom is -0.258 e. The molecule has 0 bridgehead atoms. The van der Waals surface area contributed by atoms with Gasteiger partial charge < -0.3 is 0 Å². The van der Waals surface area contributed by atoms with Gasteiger partial charge in [-0.3, -0.25) is 10.1 Å². The van der Waals surface area contributed by atoms with Crippen molar-refractivity contribution in [1.29, 1.82) is 10.5 Å². The van der Waals surface area contributed by atoms with Crippen molar-refractivity contribution >= 4 is 5.69 Å². The Kier molecular flexibility index (Phi) is 3.53. The Morgan fingerprint density at radius 3 is 2.33 bits per heavy atom. The van der Waals surface area contributed by atoms with Gasteiger partial charge in [-0.15, -0.1) is 0 Å². The number of alkyl halides is 3. The predicted molar refractivity (Wildman–Crippen MR) is 52.1 cm³/mol. The van der Waals surface area contributed by atoms with Crippen LogP contribution in [0, 0.1) is 32.8 Å². The van der Waals surface area contributed by atoms with E-state index < -0.39 is 34.3 Å². The molecule has 1 aromatic carbocycles. The number of benzene rings is 1. The normalized spacial score (nSPS) is 10.5. The Morgan fingerprint density at radius 1 is 1.33 bits per heavy atom. The number of halogens is 3. The smallest absolute Gasteiger partial charge is 0.258 e. The zero-order chi connectivity index (χ0) is 13.9. The standard InChI is InChI=1S/C10H4F3N3O2/c11-10(12,13)8-4-6(5-15)3-7(1-2-14)9(8)16(17)18/h3-4H,1H2. The van der Waals surface area contributed by atoms with Crippen molar-refractivity contribution in [2.45, 2.75) is 12.6 Å². The van der Waals surface area contributed by atoms with Crippen LogP contribution in [-0.2, 0) is 12.6 Å². The van der Waals surface area contributed by atoms with Gasteiger partial charge in [0, 0.05) is 5.56 Å². The highest BCUT2D eigenvalue weighted by Crippen LogP contribution is 2.38. The molecular formula is C10H4F3N3O2. The lowest BCUT2D eigenvalue weighted by Crippen LogP contribution is -2.11. The molecule has 0 unspecified atom stereocenters. The first-order valence-corrected chi connectivity index (χ1v) is 4.46. The summed E-state index contributed by atoms with van der Waals surface area (Å²) in [6.45, 7) is 0. The maximum absolute atomic E-state index is 12.6. The van der Waals surface area contributed by atoms with Crippen molar-refractivity contribution in [2.24, 2.45) is 0 Å². The number of nitrogens with zero attached hydrogens (tertiary/aromatic N) is 3. The van der Waals surface area contributed by atoms with Gasteiger partial charge >= 0.3 is 6.18 Å². The Morgan fingerprint density at radius 2 is 1.94 bits per heavy atom. The van der Waals surface area contributed by atoms with E-state index in [-0.39, 0.29) is 5.56 Å². The third kappa shape index (κ3) is 2.55. The maximum Gasteiger partial charge on any atom is 0.423 e. The SMILES string of the molecule is N#CCc1cc(C#N)cc(C(F)(F)F)c1[N+](=O)[O-]. The monoisotopic (exact) mass is 255 g/mol. The number of nitro groups is 1. The van der Waals surface area contributed by atoms with Gasteiger partial charge in [0.2, 0.25) is 0 Å². The van der Waals surface area contributed by atoms with E-state index in [1.54, 1.807) is 0 Å². The topological polar surface area (TPSA) is 90.7 Å². The molecule has 0 saturated heterocycles. The Labute approximate surface area is 98.8 Å². The molecule has 0 aliphatic heterocycles. The molecule has 0 atom stereocenters. The highest BCUT2D eigenvalue weighted by atomic mass is 19.4. The molecule has 0 heterocycles. The van der Waals surface area contributed by atoms with Gasteiger partial charge in [0.05, 0.1) is 29.0 Å². The van der Waals surface area contributed by atoms with E-state index >= 15 is 0 Å². The molecule has 0 spiro atoms. The van der Waals surface area contributed by atoms with Gasteiger partial charge in [-0.2, -0.15) is 23.7 Å². The summed E-state index contributed by atoms with van der Waals surface area (Å²) in [6, 6.07) is 4.32. The van der Waals surface area contributed by atoms with Gasteiger partial charge in [-0.1, -0.05) is 0 Å². The molecule has 8 heteroatoms. The molecular weight excluding hydrogens is 251 g/mol. The van der Waals surface area contributed by atoms with Gasteiger partial charge in [0.15, 0.2) is 0 Å². The fourth-order valence-corrected chi connectivity index (χ4v) is 1.41. The van der Waals surface area contributed by atoms with Crippen LogP contribution in [-0.4, -0.2) is 4.92 Å². The molecule has 0 N–H and O–H groups in total. The van der Waals surface area contributed by atoms with E-state index in [1.165, 1.54) is 12.1 Å². The van der Waals surface area contributed by atoms with E-state index in [4.69, 9.17) is 10.5 Å². The first-order valence-electron chi connectivity index (χ1n) is 4.46. The van der Waals surface area contributed by atoms with Crippen molar-refractivity contribution in [3.8, 4) is 12.1 Å². The van der Waals surface area contributed by atoms with Crippen molar-refractivity contribution in [3.05, 3.63) is 38.9 Å². The van der Waals surface area contributed by atoms with Crippen LogP contribution in [0.1, 0.15) is 16.7 Å². The van der Waals surface area contributed by atoms with Crippen LogP contribution < -0.4 is 0 Å². The summed E-state index contributed by atoms with van der Waals surface area (Å²) >= 11 is 0. The Bertz CT molecular complexity index is 582. The molecule has 1 rings (SSSR count). The van der Waals surface area contributed by atoms with Gasteiger partial charge in [0.25, 0.3) is 5.69 Å². The van der Waals surface area contributed by atoms with Crippen LogP contribution in [0.25, 0.3) is 0 Å². The Balaban J connectivity index is 3.68. The summed E-state index contributed by atoms with van der Waals surface area (Å²) in [7, 11) is 0. The number of hydrogen-bond donors (Lipinski definition) is 0. The van der Waals surface area contributed by atoms with Gasteiger partial charge in [-0.25, -0.2) is 0 Å². The summed E-state index contributed by atoms with van der Waals surface area (Å²) in [6.07, 6.45) is -5.53. The van der Waals surface area contributed by atoms with Crippen LogP contribution in [0.3, 0.4) is 0 Å². The van der Waals surface area contributed by atoms with E-state index in [1.807, 2.05) is 0 Å². The molecule has 0 radical (unpaired) electrons. The summed E-state index contributed by atoms with van der Waals surface area (Å²) < 4.78 is 37.9. The minimum atomic E-state index is -4.96. The van der Waals surface area contributed by atoms with Crippen LogP contribution >= 0.6 is 0 Å². The summed E-state index contributed by atoms with van der Waals surface area (Å²) in [5.74, 6) is 0. The quantitative estimate of drug-likeness (QED) is 0.599. The second-order valence-corrected chi connectivity index (χ2v) is 3.23. The second-order valence-electron chi connectivity index (χ2n) is 3.23. The number of hydrogen-bond acceptors (Lipinski definition) is 4. The highest BCUT2D eigenvalue weighted by Gasteiger charge is 2.40. The van der Waals surface area contributed by atoms with Crippen molar-refractivity contribution in [1.82, 2.24) is 0 Å². The molecule has 0 aromatic heterocycles. The van der Waals surface area contributed by atoms with Crippen molar-refractivity contribution in [3.63, 3.8) is 0 Å². The van der Waals surface area contributed by atoms with Crippen LogP contribution in [0.5, 0.6) is 0 Å². The fourth-order valence-electron chi connectivity index (χ4n) is 1.41. The second kappa shape index (κ2) is 4.72. The lowest BCUT2D eigenvalue weighted by Gasteiger charge is -2.10. The first-order chi connectivity index (χ1) is 8.31. The largest absolute Gasteiger partial charge is 0.423 e. The molecule has 0 aliphatic rings. The summed E-state index contributed by atoms with van der Waals surface area (Å²) in [5.41, 5.74) is -3.49. The number of nitro benzene ring substituents is 1. The van der Waals surface area contributed by atoms with Gasteiger partial charge in [0.1, 0.15) is 5.56 Å². The summed E-state index contributed by atoms with van der Waals surface area (Å²) in [5, 5.41) is 27.7. The average molecular weight is 255 g/mol. The molecule has 0 saturated carbocycles. The first kappa shape index (κ1) is 13.5. The van der Waals surface area contributed by atoms with E-state index in [9.17, 15) is 23.3 Å². The third-order valence-corrected chi connectivity index (χ3v) is 2.08. The van der Waals surface area contributed by atoms with Crippen molar-refractivity contribution in [2.75, 3.05) is 0 Å². The molecule has 0 aliphatic carbocycles. The molecule has 0 amide bonds. The summed E-state index contributed by atoms with van der Waals surface area (Å²) in [4.78, 5) is 9.48. The van der Waals surface area contributed by atoms with E-state index in [0.717, 1.165) is 6.07 Å². The van der Waals surface area contributed by atoms with E-state index in [2.05, 4.69) is 0 Å². The fraction of sp³-hybridized carbons (Fsp3) is 0.200. The zero-order valence-corrected chi connectivity index (χ0v) is 8.65. The number of nitriles is 2.